The molecule has 0 amide bonds. The van der Waals surface area contributed by atoms with Crippen molar-refractivity contribution in [1.82, 2.24) is 0 Å². The number of hydrogen-bond donors (Lipinski definition) is 0. The third-order valence-electron chi connectivity index (χ3n) is 2.99. The Morgan fingerprint density at radius 1 is 1.16 bits per heavy atom. The van der Waals surface area contributed by atoms with E-state index in [9.17, 15) is 4.79 Å². The molecule has 1 heteroatoms. The molecule has 0 spiro atoms. The molecular formula is C18H22O. The number of carbonyl (C=O) groups is 1. The van der Waals surface area contributed by atoms with Gasteiger partial charge in [0.05, 0.1) is 0 Å². The molecule has 0 heterocycles. The zero-order chi connectivity index (χ0) is 14.1. The van der Waals surface area contributed by atoms with E-state index in [4.69, 9.17) is 0 Å². The molecule has 0 bridgehead atoms. The number of hydrogen-bond acceptors (Lipinski definition) is 1. The molecule has 19 heavy (non-hydrogen) atoms. The molecule has 1 nitrogen and oxygen atoms in total. The molecular weight excluding hydrogens is 232 g/mol. The number of benzene rings is 1. The third kappa shape index (κ3) is 6.01. The van der Waals surface area contributed by atoms with Gasteiger partial charge in [0.15, 0.2) is 5.78 Å². The van der Waals surface area contributed by atoms with E-state index in [2.05, 4.69) is 13.2 Å². The molecule has 0 saturated heterocycles. The summed E-state index contributed by atoms with van der Waals surface area (Å²) in [6.45, 7) is 9.60. The minimum atomic E-state index is 0.229. The summed E-state index contributed by atoms with van der Waals surface area (Å²) in [5.41, 5.74) is 3.08. The fourth-order valence-electron chi connectivity index (χ4n) is 1.81. The van der Waals surface area contributed by atoms with Crippen LogP contribution in [0, 0.1) is 6.92 Å². The van der Waals surface area contributed by atoms with Crippen molar-refractivity contribution in [2.45, 2.75) is 32.6 Å². The first-order valence-corrected chi connectivity index (χ1v) is 6.70. The van der Waals surface area contributed by atoms with Crippen LogP contribution in [0.4, 0.5) is 0 Å². The van der Waals surface area contributed by atoms with Crippen LogP contribution in [0.2, 0.25) is 0 Å². The Hall–Kier alpha value is -1.89. The standard InChI is InChI=1S/C18H22O/c1-4-5-8-15(2)9-6-7-10-18(19)17-13-11-16(3)12-14-17/h4-5,8,11-14H,1-2,6-7,9-10H2,3H3/b8-5-. The summed E-state index contributed by atoms with van der Waals surface area (Å²) >= 11 is 0. The predicted molar refractivity (Wildman–Crippen MR) is 82.5 cm³/mol. The second-order valence-corrected chi connectivity index (χ2v) is 4.75. The number of unbranched alkanes of at least 4 members (excludes halogenated alkanes) is 1. The second kappa shape index (κ2) is 8.25. The average molecular weight is 254 g/mol. The van der Waals surface area contributed by atoms with Crippen LogP contribution in [0.1, 0.15) is 41.6 Å². The van der Waals surface area contributed by atoms with Crippen molar-refractivity contribution in [3.8, 4) is 0 Å². The summed E-state index contributed by atoms with van der Waals surface area (Å²) in [6, 6.07) is 7.77. The summed E-state index contributed by atoms with van der Waals surface area (Å²) < 4.78 is 0. The van der Waals surface area contributed by atoms with Crippen LogP contribution < -0.4 is 0 Å². The molecule has 0 aliphatic rings. The molecule has 100 valence electrons. The SMILES string of the molecule is C=C/C=C\C(=C)CCCCC(=O)c1ccc(C)cc1. The van der Waals surface area contributed by atoms with Gasteiger partial charge in [-0.05, 0) is 26.2 Å². The van der Waals surface area contributed by atoms with Gasteiger partial charge in [-0.2, -0.15) is 0 Å². The fourth-order valence-corrected chi connectivity index (χ4v) is 1.81. The van der Waals surface area contributed by atoms with E-state index < -0.39 is 0 Å². The monoisotopic (exact) mass is 254 g/mol. The van der Waals surface area contributed by atoms with E-state index in [1.54, 1.807) is 6.08 Å². The summed E-state index contributed by atoms with van der Waals surface area (Å²) in [7, 11) is 0. The maximum absolute atomic E-state index is 11.9. The van der Waals surface area contributed by atoms with Crippen molar-refractivity contribution in [2.75, 3.05) is 0 Å². The molecule has 0 atom stereocenters. The minimum Gasteiger partial charge on any atom is -0.294 e. The number of carbonyl (C=O) groups excluding carboxylic acids is 1. The van der Waals surface area contributed by atoms with Crippen LogP contribution in [-0.2, 0) is 0 Å². The van der Waals surface area contributed by atoms with Crippen molar-refractivity contribution < 1.29 is 4.79 Å². The zero-order valence-electron chi connectivity index (χ0n) is 11.7. The first-order chi connectivity index (χ1) is 9.13. The van der Waals surface area contributed by atoms with Gasteiger partial charge < -0.3 is 0 Å². The number of rotatable bonds is 8. The van der Waals surface area contributed by atoms with Gasteiger partial charge in [0.25, 0.3) is 0 Å². The molecule has 1 rings (SSSR count). The van der Waals surface area contributed by atoms with E-state index in [0.29, 0.717) is 6.42 Å². The van der Waals surface area contributed by atoms with Gasteiger partial charge in [-0.15, -0.1) is 0 Å². The normalized spacial score (nSPS) is 10.6. The number of Topliss-reactive ketones (excluding diaryl/α,β-unsaturated/α-hetero) is 1. The minimum absolute atomic E-state index is 0.229. The van der Waals surface area contributed by atoms with Crippen LogP contribution in [0.25, 0.3) is 0 Å². The third-order valence-corrected chi connectivity index (χ3v) is 2.99. The Bertz CT molecular complexity index is 463. The topological polar surface area (TPSA) is 17.1 Å². The largest absolute Gasteiger partial charge is 0.294 e. The van der Waals surface area contributed by atoms with Crippen LogP contribution in [-0.4, -0.2) is 5.78 Å². The van der Waals surface area contributed by atoms with Crippen LogP contribution in [0.15, 0.2) is 61.2 Å². The molecule has 1 aromatic rings. The molecule has 0 aliphatic carbocycles. The summed E-state index contributed by atoms with van der Waals surface area (Å²) in [5.74, 6) is 0.229. The Kier molecular flexibility index (Phi) is 6.59. The molecule has 0 aliphatic heterocycles. The molecule has 1 aromatic carbocycles. The fraction of sp³-hybridized carbons (Fsp3) is 0.278. The molecule has 0 radical (unpaired) electrons. The molecule has 0 N–H and O–H groups in total. The Labute approximate surface area is 116 Å². The van der Waals surface area contributed by atoms with E-state index in [-0.39, 0.29) is 5.78 Å². The van der Waals surface area contributed by atoms with Crippen molar-refractivity contribution >= 4 is 5.78 Å². The lowest BCUT2D eigenvalue weighted by Crippen LogP contribution is -1.98. The van der Waals surface area contributed by atoms with Crippen LogP contribution in [0.5, 0.6) is 0 Å². The predicted octanol–water partition coefficient (Wildman–Crippen LogP) is 5.04. The van der Waals surface area contributed by atoms with Crippen molar-refractivity contribution in [1.29, 1.82) is 0 Å². The second-order valence-electron chi connectivity index (χ2n) is 4.75. The first-order valence-electron chi connectivity index (χ1n) is 6.70. The van der Waals surface area contributed by atoms with Gasteiger partial charge in [0, 0.05) is 12.0 Å². The average Bonchev–Trinajstić information content (AvgIpc) is 2.41. The van der Waals surface area contributed by atoms with E-state index >= 15 is 0 Å². The lowest BCUT2D eigenvalue weighted by Gasteiger charge is -2.02. The van der Waals surface area contributed by atoms with Gasteiger partial charge in [-0.25, -0.2) is 0 Å². The molecule has 0 aromatic heterocycles. The number of allylic oxidation sites excluding steroid dienone is 4. The Morgan fingerprint density at radius 2 is 1.79 bits per heavy atom. The van der Waals surface area contributed by atoms with Gasteiger partial charge in [0.1, 0.15) is 0 Å². The zero-order valence-corrected chi connectivity index (χ0v) is 11.7. The van der Waals surface area contributed by atoms with Gasteiger partial charge in [-0.1, -0.05) is 66.8 Å². The highest BCUT2D eigenvalue weighted by molar-refractivity contribution is 5.96. The highest BCUT2D eigenvalue weighted by Gasteiger charge is 2.04. The summed E-state index contributed by atoms with van der Waals surface area (Å²) in [4.78, 5) is 11.9. The van der Waals surface area contributed by atoms with Crippen LogP contribution in [0.3, 0.4) is 0 Å². The lowest BCUT2D eigenvalue weighted by atomic mass is 10.0. The number of ketones is 1. The van der Waals surface area contributed by atoms with Crippen molar-refractivity contribution in [2.24, 2.45) is 0 Å². The van der Waals surface area contributed by atoms with Crippen molar-refractivity contribution in [3.63, 3.8) is 0 Å². The van der Waals surface area contributed by atoms with Gasteiger partial charge in [0.2, 0.25) is 0 Å². The molecule has 0 saturated carbocycles. The van der Waals surface area contributed by atoms with Crippen molar-refractivity contribution in [3.05, 3.63) is 72.4 Å². The Balaban J connectivity index is 2.28. The van der Waals surface area contributed by atoms with E-state index in [1.807, 2.05) is 43.3 Å². The quantitative estimate of drug-likeness (QED) is 0.361. The lowest BCUT2D eigenvalue weighted by molar-refractivity contribution is 0.0979. The highest BCUT2D eigenvalue weighted by Crippen LogP contribution is 2.12. The van der Waals surface area contributed by atoms with Crippen LogP contribution >= 0.6 is 0 Å². The molecule has 0 unspecified atom stereocenters. The summed E-state index contributed by atoms with van der Waals surface area (Å²) in [6.07, 6.45) is 9.05. The summed E-state index contributed by atoms with van der Waals surface area (Å²) in [5, 5.41) is 0. The smallest absolute Gasteiger partial charge is 0.162 e. The van der Waals surface area contributed by atoms with E-state index in [0.717, 1.165) is 30.4 Å². The number of aryl methyl sites for hydroxylation is 1. The van der Waals surface area contributed by atoms with Gasteiger partial charge >= 0.3 is 0 Å². The maximum atomic E-state index is 11.9. The maximum Gasteiger partial charge on any atom is 0.162 e. The molecule has 0 fully saturated rings. The van der Waals surface area contributed by atoms with E-state index in [1.165, 1.54) is 5.56 Å². The van der Waals surface area contributed by atoms with Gasteiger partial charge in [-0.3, -0.25) is 4.79 Å². The Morgan fingerprint density at radius 3 is 2.42 bits per heavy atom. The first kappa shape index (κ1) is 15.2. The highest BCUT2D eigenvalue weighted by atomic mass is 16.1.